The molecule has 0 aliphatic carbocycles. The Labute approximate surface area is 193 Å². The van der Waals surface area contributed by atoms with Crippen LogP contribution in [-0.2, 0) is 16.1 Å². The molecule has 2 amide bonds. The molecule has 6 nitrogen and oxygen atoms in total. The number of amides is 2. The SMILES string of the molecule is COc1ccccc1CN1C(=O)C(Nc2cccc(OC(F)(F)F)c2)=C(c2ccccc2)C1=O. The summed E-state index contributed by atoms with van der Waals surface area (Å²) in [5, 5.41) is 2.83. The largest absolute Gasteiger partial charge is 0.573 e. The maximum absolute atomic E-state index is 13.4. The number of nitrogens with one attached hydrogen (secondary N) is 1. The topological polar surface area (TPSA) is 67.9 Å². The molecular formula is C25H19F3N2O4. The van der Waals surface area contributed by atoms with E-state index in [9.17, 15) is 22.8 Å². The molecule has 3 aromatic rings. The van der Waals surface area contributed by atoms with Crippen molar-refractivity contribution in [2.24, 2.45) is 0 Å². The lowest BCUT2D eigenvalue weighted by Gasteiger charge is -2.17. The number of imide groups is 1. The molecule has 1 aliphatic heterocycles. The van der Waals surface area contributed by atoms with Crippen LogP contribution in [-0.4, -0.2) is 30.2 Å². The van der Waals surface area contributed by atoms with E-state index in [0.29, 0.717) is 16.9 Å². The number of nitrogens with zero attached hydrogens (tertiary/aromatic N) is 1. The second-order valence-corrected chi connectivity index (χ2v) is 7.32. The van der Waals surface area contributed by atoms with Crippen LogP contribution in [0.25, 0.3) is 5.57 Å². The summed E-state index contributed by atoms with van der Waals surface area (Å²) < 4.78 is 47.2. The van der Waals surface area contributed by atoms with Gasteiger partial charge in [-0.2, -0.15) is 0 Å². The third-order valence-corrected chi connectivity index (χ3v) is 5.09. The predicted octanol–water partition coefficient (Wildman–Crippen LogP) is 4.99. The highest BCUT2D eigenvalue weighted by molar-refractivity contribution is 6.36. The molecule has 0 spiro atoms. The summed E-state index contributed by atoms with van der Waals surface area (Å²) in [5.74, 6) is -1.09. The van der Waals surface area contributed by atoms with Crippen LogP contribution in [0.3, 0.4) is 0 Å². The number of hydrogen-bond acceptors (Lipinski definition) is 5. The lowest BCUT2D eigenvalue weighted by molar-refractivity contribution is -0.274. The van der Waals surface area contributed by atoms with E-state index in [0.717, 1.165) is 17.0 Å². The fourth-order valence-corrected chi connectivity index (χ4v) is 3.63. The van der Waals surface area contributed by atoms with Gasteiger partial charge in [-0.1, -0.05) is 54.6 Å². The third kappa shape index (κ3) is 4.88. The summed E-state index contributed by atoms with van der Waals surface area (Å²) in [6.45, 7) is -0.0413. The fourth-order valence-electron chi connectivity index (χ4n) is 3.63. The minimum absolute atomic E-state index is 0.0413. The van der Waals surface area contributed by atoms with Gasteiger partial charge >= 0.3 is 6.36 Å². The van der Waals surface area contributed by atoms with E-state index >= 15 is 0 Å². The molecule has 34 heavy (non-hydrogen) atoms. The Bertz CT molecular complexity index is 1260. The number of hydrogen-bond donors (Lipinski definition) is 1. The molecule has 174 valence electrons. The van der Waals surface area contributed by atoms with Crippen LogP contribution < -0.4 is 14.8 Å². The van der Waals surface area contributed by atoms with Crippen LogP contribution in [0.5, 0.6) is 11.5 Å². The molecule has 0 radical (unpaired) electrons. The Morgan fingerprint density at radius 3 is 2.29 bits per heavy atom. The number of para-hydroxylation sites is 1. The molecule has 0 saturated carbocycles. The number of carbonyl (C=O) groups is 2. The summed E-state index contributed by atoms with van der Waals surface area (Å²) in [4.78, 5) is 27.8. The third-order valence-electron chi connectivity index (χ3n) is 5.09. The minimum Gasteiger partial charge on any atom is -0.496 e. The van der Waals surface area contributed by atoms with Gasteiger partial charge in [0.25, 0.3) is 11.8 Å². The summed E-state index contributed by atoms with van der Waals surface area (Å²) in [6.07, 6.45) is -4.86. The lowest BCUT2D eigenvalue weighted by Crippen LogP contribution is -2.32. The second-order valence-electron chi connectivity index (χ2n) is 7.32. The first-order valence-electron chi connectivity index (χ1n) is 10.2. The normalized spacial score (nSPS) is 13.9. The first kappa shape index (κ1) is 22.9. The number of carbonyl (C=O) groups excluding carboxylic acids is 2. The summed E-state index contributed by atoms with van der Waals surface area (Å²) in [7, 11) is 1.49. The summed E-state index contributed by atoms with van der Waals surface area (Å²) in [6, 6.07) is 20.6. The standard InChI is InChI=1S/C25H19F3N2O4/c1-33-20-13-6-5-10-17(20)15-30-23(31)21(16-8-3-2-4-9-16)22(24(30)32)29-18-11-7-12-19(14-18)34-25(26,27)28/h2-14,29H,15H2,1H3. The van der Waals surface area contributed by atoms with Gasteiger partial charge in [0.15, 0.2) is 0 Å². The van der Waals surface area contributed by atoms with Crippen LogP contribution >= 0.6 is 0 Å². The number of ether oxygens (including phenoxy) is 2. The maximum Gasteiger partial charge on any atom is 0.573 e. The van der Waals surface area contributed by atoms with Crippen LogP contribution in [0.4, 0.5) is 18.9 Å². The number of halogens is 3. The van der Waals surface area contributed by atoms with Crippen molar-refractivity contribution >= 4 is 23.1 Å². The predicted molar refractivity (Wildman–Crippen MR) is 119 cm³/mol. The van der Waals surface area contributed by atoms with E-state index in [2.05, 4.69) is 10.1 Å². The highest BCUT2D eigenvalue weighted by Crippen LogP contribution is 2.33. The van der Waals surface area contributed by atoms with Crippen LogP contribution in [0.15, 0.2) is 84.6 Å². The Balaban J connectivity index is 1.71. The van der Waals surface area contributed by atoms with Crippen LogP contribution in [0.1, 0.15) is 11.1 Å². The van der Waals surface area contributed by atoms with E-state index in [4.69, 9.17) is 4.74 Å². The number of benzene rings is 3. The molecule has 1 N–H and O–H groups in total. The number of alkyl halides is 3. The molecule has 4 rings (SSSR count). The Kier molecular flexibility index (Phi) is 6.27. The zero-order valence-electron chi connectivity index (χ0n) is 17.9. The zero-order valence-corrected chi connectivity index (χ0v) is 17.9. The summed E-state index contributed by atoms with van der Waals surface area (Å²) >= 11 is 0. The number of anilines is 1. The van der Waals surface area contributed by atoms with E-state index in [1.54, 1.807) is 54.6 Å². The molecule has 0 unspecified atom stereocenters. The number of methoxy groups -OCH3 is 1. The minimum atomic E-state index is -4.86. The van der Waals surface area contributed by atoms with Gasteiger partial charge in [0, 0.05) is 17.3 Å². The van der Waals surface area contributed by atoms with Crippen molar-refractivity contribution in [3.63, 3.8) is 0 Å². The molecule has 0 bridgehead atoms. The van der Waals surface area contributed by atoms with Crippen molar-refractivity contribution in [2.45, 2.75) is 12.9 Å². The van der Waals surface area contributed by atoms with Crippen molar-refractivity contribution < 1.29 is 32.2 Å². The molecule has 0 atom stereocenters. The van der Waals surface area contributed by atoms with Crippen molar-refractivity contribution in [3.05, 3.63) is 95.7 Å². The molecular weight excluding hydrogens is 449 g/mol. The van der Waals surface area contributed by atoms with Crippen LogP contribution in [0, 0.1) is 0 Å². The fraction of sp³-hybridized carbons (Fsp3) is 0.120. The average Bonchev–Trinajstić information content (AvgIpc) is 3.03. The summed E-state index contributed by atoms with van der Waals surface area (Å²) in [5.41, 5.74) is 1.35. The van der Waals surface area contributed by atoms with Crippen LogP contribution in [0.2, 0.25) is 0 Å². The Morgan fingerprint density at radius 2 is 1.59 bits per heavy atom. The molecule has 9 heteroatoms. The van der Waals surface area contributed by atoms with Gasteiger partial charge in [-0.05, 0) is 23.8 Å². The van der Waals surface area contributed by atoms with Gasteiger partial charge in [-0.15, -0.1) is 13.2 Å². The average molecular weight is 468 g/mol. The van der Waals surface area contributed by atoms with Gasteiger partial charge in [0.2, 0.25) is 0 Å². The van der Waals surface area contributed by atoms with Gasteiger partial charge in [-0.25, -0.2) is 0 Å². The van der Waals surface area contributed by atoms with Crippen molar-refractivity contribution in [1.82, 2.24) is 4.90 Å². The molecule has 0 saturated heterocycles. The second kappa shape index (κ2) is 9.30. The molecule has 1 heterocycles. The molecule has 1 aliphatic rings. The van der Waals surface area contributed by atoms with Gasteiger partial charge in [-0.3, -0.25) is 14.5 Å². The highest BCUT2D eigenvalue weighted by Gasteiger charge is 2.39. The Hall–Kier alpha value is -4.27. The molecule has 3 aromatic carbocycles. The van der Waals surface area contributed by atoms with Crippen molar-refractivity contribution in [3.8, 4) is 11.5 Å². The van der Waals surface area contributed by atoms with E-state index in [-0.39, 0.29) is 23.5 Å². The van der Waals surface area contributed by atoms with E-state index in [1.165, 1.54) is 19.2 Å². The first-order chi connectivity index (χ1) is 16.3. The van der Waals surface area contributed by atoms with Crippen molar-refractivity contribution in [1.29, 1.82) is 0 Å². The quantitative estimate of drug-likeness (QED) is 0.495. The Morgan fingerprint density at radius 1 is 0.882 bits per heavy atom. The lowest BCUT2D eigenvalue weighted by atomic mass is 10.0. The van der Waals surface area contributed by atoms with Crippen molar-refractivity contribution in [2.75, 3.05) is 12.4 Å². The highest BCUT2D eigenvalue weighted by atomic mass is 19.4. The maximum atomic E-state index is 13.4. The zero-order chi connectivity index (χ0) is 24.3. The molecule has 0 fully saturated rings. The van der Waals surface area contributed by atoms with Gasteiger partial charge < -0.3 is 14.8 Å². The van der Waals surface area contributed by atoms with Gasteiger partial charge in [0.05, 0.1) is 19.2 Å². The first-order valence-corrected chi connectivity index (χ1v) is 10.2. The van der Waals surface area contributed by atoms with E-state index < -0.39 is 23.9 Å². The van der Waals surface area contributed by atoms with E-state index in [1.807, 2.05) is 0 Å². The monoisotopic (exact) mass is 468 g/mol. The smallest absolute Gasteiger partial charge is 0.496 e. The van der Waals surface area contributed by atoms with Gasteiger partial charge in [0.1, 0.15) is 17.2 Å². The number of rotatable bonds is 7. The molecule has 0 aromatic heterocycles.